The van der Waals surface area contributed by atoms with Crippen molar-refractivity contribution in [1.82, 2.24) is 9.78 Å². The fourth-order valence-corrected chi connectivity index (χ4v) is 1.78. The quantitative estimate of drug-likeness (QED) is 0.596. The lowest BCUT2D eigenvalue weighted by Crippen LogP contribution is -2.24. The summed E-state index contributed by atoms with van der Waals surface area (Å²) >= 11 is 0. The summed E-state index contributed by atoms with van der Waals surface area (Å²) in [4.78, 5) is 22.7. The van der Waals surface area contributed by atoms with Crippen molar-refractivity contribution in [2.24, 2.45) is 7.05 Å². The average molecular weight is 256 g/mol. The van der Waals surface area contributed by atoms with Gasteiger partial charge in [-0.1, -0.05) is 6.92 Å². The second-order valence-corrected chi connectivity index (χ2v) is 3.92. The van der Waals surface area contributed by atoms with E-state index < -0.39 is 10.9 Å². The van der Waals surface area contributed by atoms with E-state index in [1.807, 2.05) is 0 Å². The molecule has 1 aromatic rings. The molecule has 0 spiro atoms. The van der Waals surface area contributed by atoms with Gasteiger partial charge in [-0.2, -0.15) is 5.10 Å². The lowest BCUT2D eigenvalue weighted by Gasteiger charge is -2.16. The van der Waals surface area contributed by atoms with E-state index in [0.717, 1.165) is 0 Å². The summed E-state index contributed by atoms with van der Waals surface area (Å²) < 4.78 is 1.42. The zero-order valence-corrected chi connectivity index (χ0v) is 10.6. The smallest absolute Gasteiger partial charge is 0.334 e. The first kappa shape index (κ1) is 13.9. The molecular weight excluding hydrogens is 240 g/mol. The lowest BCUT2D eigenvalue weighted by atomic mass is 10.3. The van der Waals surface area contributed by atoms with Gasteiger partial charge >= 0.3 is 11.7 Å². The molecule has 0 aliphatic carbocycles. The molecule has 0 fully saturated rings. The van der Waals surface area contributed by atoms with E-state index >= 15 is 0 Å². The summed E-state index contributed by atoms with van der Waals surface area (Å²) in [6, 6.07) is 0. The fourth-order valence-electron chi connectivity index (χ4n) is 1.78. The third kappa shape index (κ3) is 2.76. The Morgan fingerprint density at radius 3 is 2.67 bits per heavy atom. The van der Waals surface area contributed by atoms with Crippen LogP contribution in [0.2, 0.25) is 0 Å². The number of aromatic nitrogens is 2. The first-order valence-electron chi connectivity index (χ1n) is 5.51. The van der Waals surface area contributed by atoms with E-state index in [1.165, 1.54) is 4.68 Å². The van der Waals surface area contributed by atoms with Gasteiger partial charge in [0, 0.05) is 20.6 Å². The highest BCUT2D eigenvalue weighted by Crippen LogP contribution is 2.30. The van der Waals surface area contributed by atoms with E-state index in [4.69, 9.17) is 5.11 Å². The fraction of sp³-hybridized carbons (Fsp3) is 0.600. The van der Waals surface area contributed by atoms with Crippen LogP contribution in [0.5, 0.6) is 0 Å². The second kappa shape index (κ2) is 5.48. The number of aryl methyl sites for hydroxylation is 2. The van der Waals surface area contributed by atoms with E-state index in [1.54, 1.807) is 25.9 Å². The zero-order chi connectivity index (χ0) is 13.9. The van der Waals surface area contributed by atoms with Crippen molar-refractivity contribution < 1.29 is 14.8 Å². The van der Waals surface area contributed by atoms with E-state index in [2.05, 4.69) is 5.10 Å². The molecule has 1 heterocycles. The van der Waals surface area contributed by atoms with Crippen LogP contribution in [0.1, 0.15) is 19.0 Å². The van der Waals surface area contributed by atoms with E-state index in [-0.39, 0.29) is 18.7 Å². The maximum Gasteiger partial charge on any atom is 0.334 e. The van der Waals surface area contributed by atoms with Crippen LogP contribution >= 0.6 is 0 Å². The molecule has 0 saturated carbocycles. The van der Waals surface area contributed by atoms with Gasteiger partial charge in [-0.3, -0.25) is 14.9 Å². The van der Waals surface area contributed by atoms with Gasteiger partial charge in [0.25, 0.3) is 0 Å². The summed E-state index contributed by atoms with van der Waals surface area (Å²) in [5.41, 5.74) is 0.354. The van der Waals surface area contributed by atoms with Gasteiger partial charge in [-0.25, -0.2) is 4.68 Å². The molecule has 8 nitrogen and oxygen atoms in total. The molecule has 0 saturated heterocycles. The molecule has 1 N–H and O–H groups in total. The standard InChI is InChI=1S/C10H16N4O4/c1-4-7-9(14(17)18)10(13(3)11-7)12(2)6-5-8(15)16/h4-6H2,1-3H3,(H,15,16). The molecule has 0 radical (unpaired) electrons. The number of hydrogen-bond acceptors (Lipinski definition) is 5. The van der Waals surface area contributed by atoms with Gasteiger partial charge in [0.1, 0.15) is 5.69 Å². The molecule has 0 amide bonds. The first-order chi connectivity index (χ1) is 8.38. The molecular formula is C10H16N4O4. The van der Waals surface area contributed by atoms with Crippen LogP contribution in [0.3, 0.4) is 0 Å². The van der Waals surface area contributed by atoms with Crippen LogP contribution in [-0.2, 0) is 18.3 Å². The van der Waals surface area contributed by atoms with Gasteiger partial charge in [-0.15, -0.1) is 0 Å². The Bertz CT molecular complexity index is 469. The minimum Gasteiger partial charge on any atom is -0.481 e. The van der Waals surface area contributed by atoms with Gasteiger partial charge in [0.05, 0.1) is 11.3 Å². The number of hydrogen-bond donors (Lipinski definition) is 1. The van der Waals surface area contributed by atoms with E-state index in [0.29, 0.717) is 17.9 Å². The minimum atomic E-state index is -0.942. The van der Waals surface area contributed by atoms with E-state index in [9.17, 15) is 14.9 Å². The number of nitro groups is 1. The highest BCUT2D eigenvalue weighted by molar-refractivity contribution is 5.68. The van der Waals surface area contributed by atoms with Gasteiger partial charge < -0.3 is 10.0 Å². The van der Waals surface area contributed by atoms with Crippen LogP contribution in [0.25, 0.3) is 0 Å². The summed E-state index contributed by atoms with van der Waals surface area (Å²) in [6.07, 6.45) is 0.372. The normalized spacial score (nSPS) is 10.4. The van der Waals surface area contributed by atoms with Crippen molar-refractivity contribution >= 4 is 17.5 Å². The van der Waals surface area contributed by atoms with Crippen molar-refractivity contribution in [3.63, 3.8) is 0 Å². The van der Waals surface area contributed by atoms with Crippen LogP contribution in [0, 0.1) is 10.1 Å². The molecule has 1 aromatic heterocycles. The molecule has 0 bridgehead atoms. The number of aliphatic carboxylic acids is 1. The number of rotatable bonds is 6. The second-order valence-electron chi connectivity index (χ2n) is 3.92. The minimum absolute atomic E-state index is 0.0483. The van der Waals surface area contributed by atoms with Crippen LogP contribution in [0.15, 0.2) is 0 Å². The Morgan fingerprint density at radius 1 is 1.61 bits per heavy atom. The van der Waals surface area contributed by atoms with Crippen molar-refractivity contribution in [2.45, 2.75) is 19.8 Å². The predicted octanol–water partition coefficient (Wildman–Crippen LogP) is 0.802. The Morgan fingerprint density at radius 2 is 2.22 bits per heavy atom. The zero-order valence-electron chi connectivity index (χ0n) is 10.6. The van der Waals surface area contributed by atoms with Gasteiger partial charge in [0.15, 0.2) is 0 Å². The van der Waals surface area contributed by atoms with Crippen molar-refractivity contribution in [2.75, 3.05) is 18.5 Å². The number of carboxylic acids is 1. The lowest BCUT2D eigenvalue weighted by molar-refractivity contribution is -0.384. The molecule has 0 aliphatic rings. The maximum absolute atomic E-state index is 11.1. The van der Waals surface area contributed by atoms with Crippen LogP contribution < -0.4 is 4.90 Å². The van der Waals surface area contributed by atoms with Crippen LogP contribution in [-0.4, -0.2) is 39.4 Å². The molecule has 0 unspecified atom stereocenters. The highest BCUT2D eigenvalue weighted by atomic mass is 16.6. The first-order valence-corrected chi connectivity index (χ1v) is 5.51. The number of nitrogens with zero attached hydrogens (tertiary/aromatic N) is 4. The Labute approximate surface area is 104 Å². The molecule has 8 heteroatoms. The summed E-state index contributed by atoms with van der Waals surface area (Å²) in [5, 5.41) is 23.8. The van der Waals surface area contributed by atoms with Gasteiger partial charge in [0.2, 0.25) is 5.82 Å². The molecule has 1 rings (SSSR count). The number of carboxylic acid groups (broad SMARTS) is 1. The summed E-state index contributed by atoms with van der Waals surface area (Å²) in [7, 11) is 3.23. The summed E-state index contributed by atoms with van der Waals surface area (Å²) in [5.74, 6) is -0.611. The van der Waals surface area contributed by atoms with Gasteiger partial charge in [-0.05, 0) is 6.42 Å². The monoisotopic (exact) mass is 256 g/mol. The molecule has 100 valence electrons. The molecule has 0 aromatic carbocycles. The van der Waals surface area contributed by atoms with Crippen molar-refractivity contribution in [1.29, 1.82) is 0 Å². The topological polar surface area (TPSA) is 102 Å². The predicted molar refractivity (Wildman–Crippen MR) is 64.8 cm³/mol. The highest BCUT2D eigenvalue weighted by Gasteiger charge is 2.28. The SMILES string of the molecule is CCc1nn(C)c(N(C)CCC(=O)O)c1[N+](=O)[O-]. The third-order valence-corrected chi connectivity index (χ3v) is 2.60. The summed E-state index contributed by atoms with van der Waals surface area (Å²) in [6.45, 7) is 1.98. The number of carbonyl (C=O) groups is 1. The maximum atomic E-state index is 11.1. The molecule has 18 heavy (non-hydrogen) atoms. The van der Waals surface area contributed by atoms with Crippen molar-refractivity contribution in [3.05, 3.63) is 15.8 Å². The Balaban J connectivity index is 3.10. The molecule has 0 aliphatic heterocycles. The Hall–Kier alpha value is -2.12. The van der Waals surface area contributed by atoms with Crippen molar-refractivity contribution in [3.8, 4) is 0 Å². The molecule has 0 atom stereocenters. The third-order valence-electron chi connectivity index (χ3n) is 2.60. The average Bonchev–Trinajstić information content (AvgIpc) is 2.63. The largest absolute Gasteiger partial charge is 0.481 e. The Kier molecular flexibility index (Phi) is 4.24. The number of anilines is 1. The van der Waals surface area contributed by atoms with Crippen LogP contribution in [0.4, 0.5) is 11.5 Å².